The molecule has 1 heterocycles. The number of alkyl halides is 1. The lowest BCUT2D eigenvalue weighted by atomic mass is 10.0. The summed E-state index contributed by atoms with van der Waals surface area (Å²) in [5.41, 5.74) is 1.40. The molecule has 3 aromatic rings. The summed E-state index contributed by atoms with van der Waals surface area (Å²) < 4.78 is 15.2. The van der Waals surface area contributed by atoms with E-state index < -0.39 is 12.2 Å². The van der Waals surface area contributed by atoms with Crippen LogP contribution in [0.1, 0.15) is 39.0 Å². The van der Waals surface area contributed by atoms with E-state index in [4.69, 9.17) is 0 Å². The van der Waals surface area contributed by atoms with Gasteiger partial charge in [-0.15, -0.1) is 0 Å². The average Bonchev–Trinajstić information content (AvgIpc) is 2.82. The van der Waals surface area contributed by atoms with Gasteiger partial charge in [0.1, 0.15) is 11.9 Å². The van der Waals surface area contributed by atoms with E-state index in [0.29, 0.717) is 23.2 Å². The maximum absolute atomic E-state index is 15.2. The fourth-order valence-electron chi connectivity index (χ4n) is 3.10. The van der Waals surface area contributed by atoms with E-state index in [1.165, 1.54) is 0 Å². The van der Waals surface area contributed by atoms with Crippen molar-refractivity contribution in [3.05, 3.63) is 102 Å². The van der Waals surface area contributed by atoms with Crippen molar-refractivity contribution >= 4 is 11.7 Å². The quantitative estimate of drug-likeness (QED) is 0.504. The molecule has 1 amide bonds. The molecule has 2 N–H and O–H groups in total. The summed E-state index contributed by atoms with van der Waals surface area (Å²) in [5.74, 6) is -0.428. The highest BCUT2D eigenvalue weighted by molar-refractivity contribution is 5.97. The summed E-state index contributed by atoms with van der Waals surface area (Å²) in [4.78, 5) is 28.6. The highest BCUT2D eigenvalue weighted by Gasteiger charge is 2.23. The molecule has 0 spiro atoms. The zero-order valence-electron chi connectivity index (χ0n) is 16.5. The molecule has 6 heteroatoms. The van der Waals surface area contributed by atoms with E-state index in [1.807, 2.05) is 12.1 Å². The largest absolute Gasteiger partial charge is 0.351 e. The number of rotatable bonds is 10. The van der Waals surface area contributed by atoms with Crippen LogP contribution in [0, 0.1) is 0 Å². The first-order chi connectivity index (χ1) is 14.6. The van der Waals surface area contributed by atoms with Gasteiger partial charge in [0.25, 0.3) is 5.91 Å². The molecule has 30 heavy (non-hydrogen) atoms. The Balaban J connectivity index is 1.61. The molecule has 0 aliphatic rings. The number of ketones is 1. The molecule has 0 aliphatic heterocycles. The first-order valence-corrected chi connectivity index (χ1v) is 9.85. The van der Waals surface area contributed by atoms with E-state index in [1.54, 1.807) is 72.9 Å². The summed E-state index contributed by atoms with van der Waals surface area (Å²) in [5, 5.41) is 5.80. The molecule has 1 aromatic heterocycles. The lowest BCUT2D eigenvalue weighted by Gasteiger charge is -2.23. The molecule has 0 fully saturated rings. The van der Waals surface area contributed by atoms with Crippen molar-refractivity contribution in [2.75, 3.05) is 13.1 Å². The summed E-state index contributed by atoms with van der Waals surface area (Å²) in [6, 6.07) is 22.1. The Morgan fingerprint density at radius 2 is 1.57 bits per heavy atom. The van der Waals surface area contributed by atoms with Crippen LogP contribution >= 0.6 is 0 Å². The second kappa shape index (κ2) is 11.0. The summed E-state index contributed by atoms with van der Waals surface area (Å²) in [6.07, 6.45) is 0.541. The van der Waals surface area contributed by atoms with Crippen LogP contribution in [0.5, 0.6) is 0 Å². The van der Waals surface area contributed by atoms with Crippen LogP contribution < -0.4 is 10.6 Å². The zero-order chi connectivity index (χ0) is 21.2. The standard InChI is InChI=1S/C24H24FN3O2/c25-23(19-11-5-2-6-12-19)20(28-17-22(29)18-9-3-1-4-10-18)14-16-27-24(30)21-13-7-8-15-26-21/h1-13,15,20,23,28H,14,16-17H2,(H,27,30). The van der Waals surface area contributed by atoms with Crippen molar-refractivity contribution in [2.24, 2.45) is 0 Å². The summed E-state index contributed by atoms with van der Waals surface area (Å²) >= 11 is 0. The van der Waals surface area contributed by atoms with Gasteiger partial charge in [-0.2, -0.15) is 0 Å². The van der Waals surface area contributed by atoms with E-state index >= 15 is 4.39 Å². The van der Waals surface area contributed by atoms with Crippen molar-refractivity contribution in [1.29, 1.82) is 0 Å². The predicted octanol–water partition coefficient (Wildman–Crippen LogP) is 3.75. The third kappa shape index (κ3) is 6.06. The first-order valence-electron chi connectivity index (χ1n) is 9.85. The fourth-order valence-corrected chi connectivity index (χ4v) is 3.10. The Bertz CT molecular complexity index is 936. The monoisotopic (exact) mass is 405 g/mol. The minimum absolute atomic E-state index is 0.0100. The van der Waals surface area contributed by atoms with Gasteiger partial charge in [-0.25, -0.2) is 4.39 Å². The van der Waals surface area contributed by atoms with Gasteiger partial charge in [0.15, 0.2) is 5.78 Å². The second-order valence-corrected chi connectivity index (χ2v) is 6.85. The predicted molar refractivity (Wildman–Crippen MR) is 114 cm³/mol. The number of benzene rings is 2. The van der Waals surface area contributed by atoms with E-state index in [0.717, 1.165) is 0 Å². The summed E-state index contributed by atoms with van der Waals surface area (Å²) in [6.45, 7) is 0.260. The highest BCUT2D eigenvalue weighted by Crippen LogP contribution is 2.23. The molecule has 0 aliphatic carbocycles. The molecular formula is C24H24FN3O2. The Kier molecular flexibility index (Phi) is 7.80. The van der Waals surface area contributed by atoms with Crippen molar-refractivity contribution in [3.63, 3.8) is 0 Å². The number of hydrogen-bond acceptors (Lipinski definition) is 4. The van der Waals surface area contributed by atoms with Gasteiger partial charge < -0.3 is 10.6 Å². The van der Waals surface area contributed by atoms with Crippen LogP contribution in [0.3, 0.4) is 0 Å². The molecule has 0 saturated heterocycles. The smallest absolute Gasteiger partial charge is 0.269 e. The number of aromatic nitrogens is 1. The average molecular weight is 405 g/mol. The number of nitrogens with one attached hydrogen (secondary N) is 2. The van der Waals surface area contributed by atoms with Gasteiger partial charge in [-0.1, -0.05) is 66.7 Å². The van der Waals surface area contributed by atoms with E-state index in [9.17, 15) is 9.59 Å². The lowest BCUT2D eigenvalue weighted by Crippen LogP contribution is -2.40. The van der Waals surface area contributed by atoms with Gasteiger partial charge in [-0.05, 0) is 24.1 Å². The molecule has 2 atom stereocenters. The van der Waals surface area contributed by atoms with Crippen molar-refractivity contribution in [3.8, 4) is 0 Å². The number of pyridine rings is 1. The van der Waals surface area contributed by atoms with Gasteiger partial charge in [0.05, 0.1) is 6.54 Å². The van der Waals surface area contributed by atoms with Crippen molar-refractivity contribution in [1.82, 2.24) is 15.6 Å². The van der Waals surface area contributed by atoms with Crippen molar-refractivity contribution in [2.45, 2.75) is 18.6 Å². The molecule has 154 valence electrons. The van der Waals surface area contributed by atoms with Crippen molar-refractivity contribution < 1.29 is 14.0 Å². The topological polar surface area (TPSA) is 71.1 Å². The summed E-state index contributed by atoms with van der Waals surface area (Å²) in [7, 11) is 0. The number of carbonyl (C=O) groups is 2. The normalized spacial score (nSPS) is 12.7. The number of hydrogen-bond donors (Lipinski definition) is 2. The van der Waals surface area contributed by atoms with Crippen LogP contribution in [-0.4, -0.2) is 35.8 Å². The van der Waals surface area contributed by atoms with Crippen LogP contribution in [0.15, 0.2) is 85.1 Å². The van der Waals surface area contributed by atoms with Crippen LogP contribution in [-0.2, 0) is 0 Å². The molecule has 0 bridgehead atoms. The Labute approximate surface area is 175 Å². The number of nitrogens with zero attached hydrogens (tertiary/aromatic N) is 1. The molecule has 0 radical (unpaired) electrons. The number of Topliss-reactive ketones (excluding diaryl/α,β-unsaturated/α-hetero) is 1. The maximum Gasteiger partial charge on any atom is 0.269 e. The SMILES string of the molecule is O=C(CNC(CCNC(=O)c1ccccn1)C(F)c1ccccc1)c1ccccc1. The number of amides is 1. The molecular weight excluding hydrogens is 381 g/mol. The molecule has 3 rings (SSSR count). The second-order valence-electron chi connectivity index (χ2n) is 6.85. The van der Waals surface area contributed by atoms with E-state index in [-0.39, 0.29) is 24.8 Å². The Morgan fingerprint density at radius 3 is 2.23 bits per heavy atom. The highest BCUT2D eigenvalue weighted by atomic mass is 19.1. The molecule has 5 nitrogen and oxygen atoms in total. The molecule has 2 aromatic carbocycles. The fraction of sp³-hybridized carbons (Fsp3) is 0.208. The Hall–Kier alpha value is -3.38. The number of carbonyl (C=O) groups excluding carboxylic acids is 2. The number of halogens is 1. The van der Waals surface area contributed by atoms with Gasteiger partial charge in [-0.3, -0.25) is 14.6 Å². The minimum Gasteiger partial charge on any atom is -0.351 e. The van der Waals surface area contributed by atoms with Gasteiger partial charge >= 0.3 is 0 Å². The first kappa shape index (κ1) is 21.3. The van der Waals surface area contributed by atoms with E-state index in [2.05, 4.69) is 15.6 Å². The molecule has 0 saturated carbocycles. The van der Waals surface area contributed by atoms with Crippen LogP contribution in [0.2, 0.25) is 0 Å². The minimum atomic E-state index is -1.32. The van der Waals surface area contributed by atoms with Gasteiger partial charge in [0.2, 0.25) is 0 Å². The lowest BCUT2D eigenvalue weighted by molar-refractivity contribution is 0.0936. The van der Waals surface area contributed by atoms with Crippen LogP contribution in [0.25, 0.3) is 0 Å². The molecule has 2 unspecified atom stereocenters. The van der Waals surface area contributed by atoms with Crippen LogP contribution in [0.4, 0.5) is 4.39 Å². The maximum atomic E-state index is 15.2. The zero-order valence-corrected chi connectivity index (χ0v) is 16.5. The third-order valence-corrected chi connectivity index (χ3v) is 4.73. The third-order valence-electron chi connectivity index (χ3n) is 4.73. The Morgan fingerprint density at radius 1 is 0.900 bits per heavy atom. The van der Waals surface area contributed by atoms with Gasteiger partial charge in [0, 0.05) is 24.3 Å².